The predicted molar refractivity (Wildman–Crippen MR) is 86.0 cm³/mol. The van der Waals surface area contributed by atoms with Gasteiger partial charge in [-0.1, -0.05) is 25.7 Å². The van der Waals surface area contributed by atoms with E-state index in [4.69, 9.17) is 5.73 Å². The molecule has 2 rings (SSSR count). The van der Waals surface area contributed by atoms with Crippen LogP contribution in [0.5, 0.6) is 0 Å². The molecular weight excluding hydrogens is 260 g/mol. The third kappa shape index (κ3) is 3.46. The van der Waals surface area contributed by atoms with E-state index in [1.54, 1.807) is 0 Å². The molecule has 0 aromatic heterocycles. The van der Waals surface area contributed by atoms with Gasteiger partial charge in [0.1, 0.15) is 0 Å². The van der Waals surface area contributed by atoms with Crippen LogP contribution in [0.25, 0.3) is 0 Å². The third-order valence-corrected chi connectivity index (χ3v) is 4.13. The molecule has 3 heteroatoms. The lowest BCUT2D eigenvalue weighted by Gasteiger charge is -2.28. The highest BCUT2D eigenvalue weighted by atomic mass is 16.2. The molecule has 1 aliphatic rings. The second-order valence-electron chi connectivity index (χ2n) is 5.99. The second kappa shape index (κ2) is 6.78. The van der Waals surface area contributed by atoms with E-state index in [9.17, 15) is 4.79 Å². The van der Waals surface area contributed by atoms with Crippen LogP contribution in [0.15, 0.2) is 18.2 Å². The van der Waals surface area contributed by atoms with E-state index in [0.29, 0.717) is 18.5 Å². The first-order chi connectivity index (χ1) is 10.0. The molecule has 1 atom stereocenters. The molecule has 1 heterocycles. The highest BCUT2D eigenvalue weighted by molar-refractivity contribution is 5.95. The zero-order valence-corrected chi connectivity index (χ0v) is 13.1. The van der Waals surface area contributed by atoms with Gasteiger partial charge < -0.3 is 10.6 Å². The van der Waals surface area contributed by atoms with Crippen LogP contribution in [0, 0.1) is 24.7 Å². The van der Waals surface area contributed by atoms with Crippen LogP contribution in [0.4, 0.5) is 0 Å². The van der Waals surface area contributed by atoms with Gasteiger partial charge in [-0.15, -0.1) is 0 Å². The Morgan fingerprint density at radius 3 is 2.86 bits per heavy atom. The number of nitrogens with two attached hydrogens (primary N) is 1. The minimum Gasteiger partial charge on any atom is -0.335 e. The van der Waals surface area contributed by atoms with Crippen molar-refractivity contribution in [1.29, 1.82) is 0 Å². The Hall–Kier alpha value is -1.79. The van der Waals surface area contributed by atoms with Gasteiger partial charge in [0.05, 0.1) is 6.54 Å². The Kier molecular flexibility index (Phi) is 5.03. The molecule has 1 unspecified atom stereocenters. The number of amides is 1. The largest absolute Gasteiger partial charge is 0.335 e. The summed E-state index contributed by atoms with van der Waals surface area (Å²) in [6, 6.07) is 6.12. The monoisotopic (exact) mass is 284 g/mol. The number of carbonyl (C=O) groups is 1. The molecule has 1 aromatic rings. The van der Waals surface area contributed by atoms with Crippen molar-refractivity contribution in [3.63, 3.8) is 0 Å². The number of aryl methyl sites for hydroxylation is 1. The zero-order valence-electron chi connectivity index (χ0n) is 13.1. The lowest BCUT2D eigenvalue weighted by Crippen LogP contribution is -2.38. The first-order valence-corrected chi connectivity index (χ1v) is 7.65. The smallest absolute Gasteiger partial charge is 0.254 e. The second-order valence-corrected chi connectivity index (χ2v) is 5.99. The van der Waals surface area contributed by atoms with E-state index in [2.05, 4.69) is 25.7 Å². The van der Waals surface area contributed by atoms with Crippen LogP contribution in [-0.2, 0) is 0 Å². The molecule has 112 valence electrons. The summed E-state index contributed by atoms with van der Waals surface area (Å²) < 4.78 is 0. The molecule has 3 nitrogen and oxygen atoms in total. The van der Waals surface area contributed by atoms with Gasteiger partial charge in [0.25, 0.3) is 5.91 Å². The SMILES string of the molecule is Cc1cc(C(=O)N2CCCC2C(C)C)ccc1C#CCN. The van der Waals surface area contributed by atoms with E-state index in [0.717, 1.165) is 36.1 Å². The Morgan fingerprint density at radius 2 is 2.24 bits per heavy atom. The fourth-order valence-electron chi connectivity index (χ4n) is 2.99. The molecular formula is C18H24N2O. The summed E-state index contributed by atoms with van der Waals surface area (Å²) in [7, 11) is 0. The number of benzene rings is 1. The van der Waals surface area contributed by atoms with Crippen LogP contribution < -0.4 is 5.73 Å². The first-order valence-electron chi connectivity index (χ1n) is 7.65. The van der Waals surface area contributed by atoms with Crippen molar-refractivity contribution in [2.75, 3.05) is 13.1 Å². The van der Waals surface area contributed by atoms with Crippen molar-refractivity contribution in [3.8, 4) is 11.8 Å². The molecule has 21 heavy (non-hydrogen) atoms. The van der Waals surface area contributed by atoms with E-state index in [1.807, 2.05) is 30.0 Å². The predicted octanol–water partition coefficient (Wildman–Crippen LogP) is 2.57. The topological polar surface area (TPSA) is 46.3 Å². The van der Waals surface area contributed by atoms with E-state index >= 15 is 0 Å². The van der Waals surface area contributed by atoms with Crippen LogP contribution in [-0.4, -0.2) is 29.9 Å². The lowest BCUT2D eigenvalue weighted by molar-refractivity contribution is 0.0701. The zero-order chi connectivity index (χ0) is 15.4. The summed E-state index contributed by atoms with van der Waals surface area (Å²) in [4.78, 5) is 14.7. The molecule has 0 bridgehead atoms. The summed E-state index contributed by atoms with van der Waals surface area (Å²) in [6.45, 7) is 7.58. The Balaban J connectivity index is 2.22. The number of likely N-dealkylation sites (tertiary alicyclic amines) is 1. The Bertz CT molecular complexity index is 581. The number of hydrogen-bond donors (Lipinski definition) is 1. The summed E-state index contributed by atoms with van der Waals surface area (Å²) in [5, 5.41) is 0. The molecule has 0 saturated carbocycles. The van der Waals surface area contributed by atoms with Gasteiger partial charge in [0.15, 0.2) is 0 Å². The van der Waals surface area contributed by atoms with Crippen LogP contribution in [0.3, 0.4) is 0 Å². The minimum absolute atomic E-state index is 0.146. The molecule has 2 N–H and O–H groups in total. The van der Waals surface area contributed by atoms with Crippen molar-refractivity contribution < 1.29 is 4.79 Å². The molecule has 1 fully saturated rings. The van der Waals surface area contributed by atoms with Gasteiger partial charge in [-0.3, -0.25) is 4.79 Å². The standard InChI is InChI=1S/C18H24N2O/c1-13(2)17-7-5-11-20(17)18(21)16-9-8-15(6-4-10-19)14(3)12-16/h8-9,12-13,17H,5,7,10-11,19H2,1-3H3. The van der Waals surface area contributed by atoms with Crippen molar-refractivity contribution in [2.45, 2.75) is 39.7 Å². The number of carbonyl (C=O) groups excluding carboxylic acids is 1. The summed E-state index contributed by atoms with van der Waals surface area (Å²) in [5.41, 5.74) is 8.13. The molecule has 0 spiro atoms. The van der Waals surface area contributed by atoms with Gasteiger partial charge in [0.2, 0.25) is 0 Å². The van der Waals surface area contributed by atoms with Crippen LogP contribution in [0.1, 0.15) is 48.2 Å². The van der Waals surface area contributed by atoms with Gasteiger partial charge in [0, 0.05) is 23.7 Å². The summed E-state index contributed by atoms with van der Waals surface area (Å²) in [6.07, 6.45) is 2.22. The van der Waals surface area contributed by atoms with Crippen molar-refractivity contribution in [2.24, 2.45) is 11.7 Å². The van der Waals surface area contributed by atoms with Gasteiger partial charge in [-0.2, -0.15) is 0 Å². The molecule has 1 aliphatic heterocycles. The maximum atomic E-state index is 12.7. The highest BCUT2D eigenvalue weighted by Gasteiger charge is 2.31. The summed E-state index contributed by atoms with van der Waals surface area (Å²) in [5.74, 6) is 6.54. The Morgan fingerprint density at radius 1 is 1.48 bits per heavy atom. The number of hydrogen-bond acceptors (Lipinski definition) is 2. The van der Waals surface area contributed by atoms with Crippen molar-refractivity contribution >= 4 is 5.91 Å². The molecule has 1 amide bonds. The van der Waals surface area contributed by atoms with E-state index < -0.39 is 0 Å². The molecule has 1 aromatic carbocycles. The molecule has 1 saturated heterocycles. The van der Waals surface area contributed by atoms with E-state index in [1.165, 1.54) is 0 Å². The van der Waals surface area contributed by atoms with Crippen molar-refractivity contribution in [1.82, 2.24) is 4.90 Å². The highest BCUT2D eigenvalue weighted by Crippen LogP contribution is 2.26. The van der Waals surface area contributed by atoms with Gasteiger partial charge in [-0.05, 0) is 49.4 Å². The van der Waals surface area contributed by atoms with Gasteiger partial charge in [-0.25, -0.2) is 0 Å². The maximum absolute atomic E-state index is 12.7. The number of rotatable bonds is 2. The maximum Gasteiger partial charge on any atom is 0.254 e. The number of nitrogens with zero attached hydrogens (tertiary/aromatic N) is 1. The minimum atomic E-state index is 0.146. The normalized spacial score (nSPS) is 17.8. The van der Waals surface area contributed by atoms with E-state index in [-0.39, 0.29) is 5.91 Å². The third-order valence-electron chi connectivity index (χ3n) is 4.13. The van der Waals surface area contributed by atoms with Gasteiger partial charge >= 0.3 is 0 Å². The van der Waals surface area contributed by atoms with Crippen LogP contribution in [0.2, 0.25) is 0 Å². The first kappa shape index (κ1) is 15.6. The lowest BCUT2D eigenvalue weighted by atomic mass is 10.0. The average Bonchev–Trinajstić information content (AvgIpc) is 2.94. The molecule has 0 aliphatic carbocycles. The Labute approximate surface area is 127 Å². The van der Waals surface area contributed by atoms with Crippen LogP contribution >= 0.6 is 0 Å². The average molecular weight is 284 g/mol. The fraction of sp³-hybridized carbons (Fsp3) is 0.500. The quantitative estimate of drug-likeness (QED) is 0.848. The fourth-order valence-corrected chi connectivity index (χ4v) is 2.99. The van der Waals surface area contributed by atoms with Crippen molar-refractivity contribution in [3.05, 3.63) is 34.9 Å². The summed E-state index contributed by atoms with van der Waals surface area (Å²) >= 11 is 0. The molecule has 0 radical (unpaired) electrons.